The van der Waals surface area contributed by atoms with Crippen molar-refractivity contribution in [2.75, 3.05) is 0 Å². The molecule has 0 aromatic carbocycles. The van der Waals surface area contributed by atoms with E-state index in [0.29, 0.717) is 6.42 Å². The van der Waals surface area contributed by atoms with E-state index in [2.05, 4.69) is 9.97 Å². The largest absolute Gasteiger partial charge is 0.348 e. The molecule has 1 unspecified atom stereocenters. The minimum atomic E-state index is -0.416. The van der Waals surface area contributed by atoms with Gasteiger partial charge in [-0.15, -0.1) is 0 Å². The molecule has 4 nitrogen and oxygen atoms in total. The highest BCUT2D eigenvalue weighted by atomic mass is 16.1. The molecule has 10 heavy (non-hydrogen) atoms. The van der Waals surface area contributed by atoms with Gasteiger partial charge in [-0.1, -0.05) is 0 Å². The second-order valence-electron chi connectivity index (χ2n) is 2.08. The lowest BCUT2D eigenvalue weighted by Crippen LogP contribution is -2.24. The SMILES string of the molecule is NC(C=O)Cc1cnc[nH]1. The number of nitrogens with one attached hydrogen (secondary N) is 1. The standard InChI is InChI=1S/C6H9N3O/c7-5(3-10)1-6-2-8-4-9-6/h2-5H,1,7H2,(H,8,9). The summed E-state index contributed by atoms with van der Waals surface area (Å²) in [5.41, 5.74) is 6.24. The normalized spacial score (nSPS) is 12.9. The number of aromatic nitrogens is 2. The first-order chi connectivity index (χ1) is 4.83. The van der Waals surface area contributed by atoms with Gasteiger partial charge in [0, 0.05) is 18.3 Å². The van der Waals surface area contributed by atoms with Gasteiger partial charge < -0.3 is 15.5 Å². The first-order valence-electron chi connectivity index (χ1n) is 3.01. The number of carbonyl (C=O) groups excluding carboxylic acids is 1. The molecule has 1 aromatic heterocycles. The van der Waals surface area contributed by atoms with Crippen molar-refractivity contribution < 1.29 is 4.79 Å². The van der Waals surface area contributed by atoms with Crippen molar-refractivity contribution in [1.82, 2.24) is 9.97 Å². The van der Waals surface area contributed by atoms with Crippen LogP contribution < -0.4 is 5.73 Å². The number of nitrogens with zero attached hydrogens (tertiary/aromatic N) is 1. The van der Waals surface area contributed by atoms with Gasteiger partial charge in [0.05, 0.1) is 12.4 Å². The highest BCUT2D eigenvalue weighted by molar-refractivity contribution is 5.57. The molecule has 3 N–H and O–H groups in total. The summed E-state index contributed by atoms with van der Waals surface area (Å²) < 4.78 is 0. The zero-order chi connectivity index (χ0) is 7.40. The molecule has 1 rings (SSSR count). The van der Waals surface area contributed by atoms with E-state index in [4.69, 9.17) is 5.73 Å². The van der Waals surface area contributed by atoms with Crippen molar-refractivity contribution in [2.24, 2.45) is 5.73 Å². The lowest BCUT2D eigenvalue weighted by atomic mass is 10.2. The van der Waals surface area contributed by atoms with E-state index in [1.165, 1.54) is 0 Å². The van der Waals surface area contributed by atoms with Gasteiger partial charge in [-0.05, 0) is 0 Å². The molecule has 4 heteroatoms. The third-order valence-corrected chi connectivity index (χ3v) is 1.19. The van der Waals surface area contributed by atoms with Gasteiger partial charge >= 0.3 is 0 Å². The van der Waals surface area contributed by atoms with Crippen LogP contribution in [-0.4, -0.2) is 22.3 Å². The van der Waals surface area contributed by atoms with E-state index in [1.807, 2.05) is 0 Å². The molecule has 1 heterocycles. The van der Waals surface area contributed by atoms with Crippen LogP contribution in [0.1, 0.15) is 5.69 Å². The highest BCUT2D eigenvalue weighted by Gasteiger charge is 2.01. The summed E-state index contributed by atoms with van der Waals surface area (Å²) in [5.74, 6) is 0. The molecule has 1 atom stereocenters. The third kappa shape index (κ3) is 1.66. The van der Waals surface area contributed by atoms with Crippen LogP contribution in [-0.2, 0) is 11.2 Å². The molecule has 0 amide bonds. The summed E-state index contributed by atoms with van der Waals surface area (Å²) in [4.78, 5) is 16.7. The Hall–Kier alpha value is -1.16. The minimum Gasteiger partial charge on any atom is -0.348 e. The number of aldehydes is 1. The summed E-state index contributed by atoms with van der Waals surface area (Å²) in [6, 6.07) is -0.416. The first-order valence-corrected chi connectivity index (χ1v) is 3.01. The minimum absolute atomic E-state index is 0.416. The van der Waals surface area contributed by atoms with Gasteiger partial charge in [-0.25, -0.2) is 4.98 Å². The number of carbonyl (C=O) groups is 1. The van der Waals surface area contributed by atoms with Crippen molar-refractivity contribution in [1.29, 1.82) is 0 Å². The summed E-state index contributed by atoms with van der Waals surface area (Å²) in [6.07, 6.45) is 4.47. The summed E-state index contributed by atoms with van der Waals surface area (Å²) in [5, 5.41) is 0. The van der Waals surface area contributed by atoms with Gasteiger partial charge in [0.2, 0.25) is 0 Å². The van der Waals surface area contributed by atoms with E-state index in [1.54, 1.807) is 12.5 Å². The summed E-state index contributed by atoms with van der Waals surface area (Å²) >= 11 is 0. The van der Waals surface area contributed by atoms with Crippen LogP contribution in [0.2, 0.25) is 0 Å². The number of H-pyrrole nitrogens is 1. The molecule has 0 radical (unpaired) electrons. The maximum Gasteiger partial charge on any atom is 0.137 e. The Bertz CT molecular complexity index is 195. The fourth-order valence-corrected chi connectivity index (χ4v) is 0.698. The molecular formula is C6H9N3O. The maximum absolute atomic E-state index is 10.1. The van der Waals surface area contributed by atoms with E-state index in [-0.39, 0.29) is 0 Å². The van der Waals surface area contributed by atoms with Crippen LogP contribution in [0.15, 0.2) is 12.5 Å². The van der Waals surface area contributed by atoms with Crippen molar-refractivity contribution >= 4 is 6.29 Å². The second kappa shape index (κ2) is 3.12. The van der Waals surface area contributed by atoms with Gasteiger partial charge in [0.25, 0.3) is 0 Å². The predicted octanol–water partition coefficient (Wildman–Crippen LogP) is -0.522. The number of imidazole rings is 1. The van der Waals surface area contributed by atoms with Crippen LogP contribution in [0, 0.1) is 0 Å². The third-order valence-electron chi connectivity index (χ3n) is 1.19. The Morgan fingerprint density at radius 3 is 3.20 bits per heavy atom. The Morgan fingerprint density at radius 1 is 1.90 bits per heavy atom. The quantitative estimate of drug-likeness (QED) is 0.553. The van der Waals surface area contributed by atoms with Gasteiger partial charge in [0.15, 0.2) is 0 Å². The van der Waals surface area contributed by atoms with E-state index in [0.717, 1.165) is 12.0 Å². The fraction of sp³-hybridized carbons (Fsp3) is 0.333. The van der Waals surface area contributed by atoms with Crippen molar-refractivity contribution in [2.45, 2.75) is 12.5 Å². The molecule has 0 aliphatic rings. The number of hydrogen-bond donors (Lipinski definition) is 2. The van der Waals surface area contributed by atoms with E-state index < -0.39 is 6.04 Å². The van der Waals surface area contributed by atoms with Crippen LogP contribution in [0.25, 0.3) is 0 Å². The van der Waals surface area contributed by atoms with Crippen LogP contribution in [0.5, 0.6) is 0 Å². The molecular weight excluding hydrogens is 130 g/mol. The lowest BCUT2D eigenvalue weighted by Gasteiger charge is -1.98. The lowest BCUT2D eigenvalue weighted by molar-refractivity contribution is -0.108. The number of rotatable bonds is 3. The monoisotopic (exact) mass is 139 g/mol. The zero-order valence-electron chi connectivity index (χ0n) is 5.45. The summed E-state index contributed by atoms with van der Waals surface area (Å²) in [6.45, 7) is 0. The van der Waals surface area contributed by atoms with Gasteiger partial charge in [-0.2, -0.15) is 0 Å². The second-order valence-corrected chi connectivity index (χ2v) is 2.08. The number of aromatic amines is 1. The smallest absolute Gasteiger partial charge is 0.137 e. The predicted molar refractivity (Wildman–Crippen MR) is 36.3 cm³/mol. The van der Waals surface area contributed by atoms with E-state index in [9.17, 15) is 4.79 Å². The van der Waals surface area contributed by atoms with Crippen LogP contribution in [0.4, 0.5) is 0 Å². The topological polar surface area (TPSA) is 71.8 Å². The maximum atomic E-state index is 10.1. The average Bonchev–Trinajstić information content (AvgIpc) is 2.40. The van der Waals surface area contributed by atoms with Crippen molar-refractivity contribution in [3.8, 4) is 0 Å². The number of nitrogens with two attached hydrogens (primary N) is 1. The Balaban J connectivity index is 2.47. The molecule has 0 spiro atoms. The Labute approximate surface area is 58.5 Å². The highest BCUT2D eigenvalue weighted by Crippen LogP contribution is 1.93. The van der Waals surface area contributed by atoms with Gasteiger partial charge in [-0.3, -0.25) is 0 Å². The van der Waals surface area contributed by atoms with Crippen LogP contribution in [0.3, 0.4) is 0 Å². The van der Waals surface area contributed by atoms with Crippen molar-refractivity contribution in [3.05, 3.63) is 18.2 Å². The molecule has 0 bridgehead atoms. The molecule has 0 aliphatic heterocycles. The molecule has 1 aromatic rings. The first kappa shape index (κ1) is 6.95. The van der Waals surface area contributed by atoms with Crippen molar-refractivity contribution in [3.63, 3.8) is 0 Å². The molecule has 54 valence electrons. The number of hydrogen-bond acceptors (Lipinski definition) is 3. The average molecular weight is 139 g/mol. The van der Waals surface area contributed by atoms with Crippen LogP contribution >= 0.6 is 0 Å². The van der Waals surface area contributed by atoms with Gasteiger partial charge in [0.1, 0.15) is 6.29 Å². The molecule has 0 fully saturated rings. The molecule has 0 aliphatic carbocycles. The molecule has 0 saturated heterocycles. The summed E-state index contributed by atoms with van der Waals surface area (Å²) in [7, 11) is 0. The zero-order valence-corrected chi connectivity index (χ0v) is 5.45. The fourth-order valence-electron chi connectivity index (χ4n) is 0.698. The molecule has 0 saturated carbocycles. The Kier molecular flexibility index (Phi) is 2.17. The Morgan fingerprint density at radius 2 is 2.70 bits per heavy atom. The van der Waals surface area contributed by atoms with E-state index >= 15 is 0 Å².